The second kappa shape index (κ2) is 27.7. The van der Waals surface area contributed by atoms with Crippen molar-refractivity contribution in [1.29, 1.82) is 0 Å². The van der Waals surface area contributed by atoms with E-state index in [1.54, 1.807) is 29.2 Å². The third-order valence-corrected chi connectivity index (χ3v) is 7.39. The van der Waals surface area contributed by atoms with E-state index in [1.165, 1.54) is 0 Å². The Morgan fingerprint density at radius 1 is 0.630 bits per heavy atom. The van der Waals surface area contributed by atoms with E-state index in [9.17, 15) is 19.2 Å². The highest BCUT2D eigenvalue weighted by atomic mass is 16.2. The molecule has 3 N–H and O–H groups in total. The molecule has 4 aromatic carbocycles. The van der Waals surface area contributed by atoms with Crippen molar-refractivity contribution in [3.8, 4) is 12.8 Å². The van der Waals surface area contributed by atoms with Crippen LogP contribution in [0.3, 0.4) is 0 Å². The van der Waals surface area contributed by atoms with Crippen molar-refractivity contribution >= 4 is 47.2 Å². The van der Waals surface area contributed by atoms with Gasteiger partial charge in [-0.1, -0.05) is 121 Å². The van der Waals surface area contributed by atoms with E-state index in [2.05, 4.69) is 28.8 Å². The fraction of sp³-hybridized carbons (Fsp3) is 0.304. The monoisotopic (exact) mass is 732 g/mol. The smallest absolute Gasteiger partial charge is 0.254 e. The number of amides is 4. The van der Waals surface area contributed by atoms with Crippen LogP contribution in [0.4, 0.5) is 11.4 Å². The number of nitrogens with zero attached hydrogens (tertiary/aromatic N) is 1. The summed E-state index contributed by atoms with van der Waals surface area (Å²) in [5.74, 6) is -1.00. The van der Waals surface area contributed by atoms with E-state index in [1.807, 2.05) is 148 Å². The maximum Gasteiger partial charge on any atom is 0.254 e. The first-order valence-corrected chi connectivity index (χ1v) is 18.6. The van der Waals surface area contributed by atoms with Crippen LogP contribution < -0.4 is 16.0 Å². The minimum absolute atomic E-state index is 0.0276. The van der Waals surface area contributed by atoms with Crippen molar-refractivity contribution in [2.75, 3.05) is 30.3 Å². The maximum atomic E-state index is 13.2. The fourth-order valence-corrected chi connectivity index (χ4v) is 4.87. The summed E-state index contributed by atoms with van der Waals surface area (Å²) in [4.78, 5) is 52.3. The van der Waals surface area contributed by atoms with Crippen molar-refractivity contribution in [1.82, 2.24) is 10.2 Å². The Bertz CT molecular complexity index is 1770. The third-order valence-electron chi connectivity index (χ3n) is 7.39. The number of carbonyl (C=O) groups excluding carboxylic acids is 4. The normalized spacial score (nSPS) is 9.56. The van der Waals surface area contributed by atoms with Gasteiger partial charge in [0.2, 0.25) is 11.8 Å². The molecular formula is C46H60N4O4. The summed E-state index contributed by atoms with van der Waals surface area (Å²) >= 11 is 0. The van der Waals surface area contributed by atoms with Gasteiger partial charge in [-0.05, 0) is 85.8 Å². The Morgan fingerprint density at radius 2 is 1.11 bits per heavy atom. The second-order valence-corrected chi connectivity index (χ2v) is 11.2. The zero-order valence-corrected chi connectivity index (χ0v) is 33.9. The molecule has 4 rings (SSSR count). The molecule has 4 amide bonds. The quantitative estimate of drug-likeness (QED) is 0.0996. The van der Waals surface area contributed by atoms with Gasteiger partial charge < -0.3 is 20.9 Å². The van der Waals surface area contributed by atoms with E-state index >= 15 is 0 Å². The van der Waals surface area contributed by atoms with Gasteiger partial charge in [0.1, 0.15) is 6.54 Å². The second-order valence-electron chi connectivity index (χ2n) is 11.2. The van der Waals surface area contributed by atoms with Gasteiger partial charge in [0.05, 0.1) is 6.54 Å². The molecule has 0 aliphatic carbocycles. The lowest BCUT2D eigenvalue weighted by Crippen LogP contribution is -2.38. The molecule has 0 aromatic heterocycles. The molecule has 0 saturated carbocycles. The molecule has 0 heterocycles. The van der Waals surface area contributed by atoms with Gasteiger partial charge in [0.25, 0.3) is 11.8 Å². The highest BCUT2D eigenvalue weighted by Crippen LogP contribution is 2.17. The van der Waals surface area contributed by atoms with Gasteiger partial charge in [-0.25, -0.2) is 0 Å². The first-order chi connectivity index (χ1) is 26.1. The Kier molecular flexibility index (Phi) is 24.6. The lowest BCUT2D eigenvalue weighted by molar-refractivity contribution is -0.117. The zero-order chi connectivity index (χ0) is 41.1. The predicted octanol–water partition coefficient (Wildman–Crippen LogP) is 9.97. The van der Waals surface area contributed by atoms with Crippen LogP contribution in [0.25, 0.3) is 12.2 Å². The largest absolute Gasteiger partial charge is 0.343 e. The van der Waals surface area contributed by atoms with E-state index in [0.717, 1.165) is 34.2 Å². The van der Waals surface area contributed by atoms with Crippen molar-refractivity contribution in [3.63, 3.8) is 0 Å². The summed E-state index contributed by atoms with van der Waals surface area (Å²) in [6.45, 7) is 20.0. The molecule has 0 unspecified atom stereocenters. The molecule has 4 aromatic rings. The molecule has 54 heavy (non-hydrogen) atoms. The van der Waals surface area contributed by atoms with Crippen molar-refractivity contribution in [2.45, 2.75) is 75.7 Å². The lowest BCUT2D eigenvalue weighted by Gasteiger charge is -2.23. The molecule has 8 nitrogen and oxygen atoms in total. The van der Waals surface area contributed by atoms with Gasteiger partial charge in [-0.15, -0.1) is 12.8 Å². The van der Waals surface area contributed by atoms with Gasteiger partial charge in [0, 0.05) is 29.0 Å². The number of rotatable bonds is 12. The number of terminal acetylenes is 1. The Labute approximate surface area is 324 Å². The van der Waals surface area contributed by atoms with Crippen LogP contribution >= 0.6 is 0 Å². The average Bonchev–Trinajstić information content (AvgIpc) is 3.21. The molecular weight excluding hydrogens is 673 g/mol. The summed E-state index contributed by atoms with van der Waals surface area (Å²) in [6, 6.07) is 27.8. The predicted molar refractivity (Wildman–Crippen MR) is 229 cm³/mol. The van der Waals surface area contributed by atoms with Crippen LogP contribution in [0.1, 0.15) is 103 Å². The Hall–Kier alpha value is -5.94. The summed E-state index contributed by atoms with van der Waals surface area (Å²) in [5.41, 5.74) is 7.05. The van der Waals surface area contributed by atoms with E-state index < -0.39 is 0 Å². The lowest BCUT2D eigenvalue weighted by atomic mass is 10.0. The van der Waals surface area contributed by atoms with Crippen molar-refractivity contribution in [3.05, 3.63) is 130 Å². The zero-order valence-electron chi connectivity index (χ0n) is 33.9. The molecule has 8 heteroatoms. The number of carbonyl (C=O) groups is 4. The topological polar surface area (TPSA) is 108 Å². The number of anilines is 2. The molecule has 0 saturated heterocycles. The van der Waals surface area contributed by atoms with E-state index in [4.69, 9.17) is 0 Å². The number of nitrogens with one attached hydrogen (secondary N) is 3. The van der Waals surface area contributed by atoms with Gasteiger partial charge >= 0.3 is 0 Å². The van der Waals surface area contributed by atoms with Crippen molar-refractivity contribution < 1.29 is 19.2 Å². The van der Waals surface area contributed by atoms with Gasteiger partial charge in [-0.3, -0.25) is 19.2 Å². The summed E-state index contributed by atoms with van der Waals surface area (Å²) < 4.78 is 0. The van der Waals surface area contributed by atoms with Crippen LogP contribution in [0, 0.1) is 33.6 Å². The summed E-state index contributed by atoms with van der Waals surface area (Å²) in [5, 5.41) is 8.34. The standard InChI is InChI=1S/C38H40N4O4.3C2H6.C2H2/c1-5-22-42(38(46)34-23-26(2)10-11-28(34)4)25-36(44)41-32-20-16-30(17-21-32)13-12-29-14-18-31(19-15-29)40-35(43)24-39-37(45)33-9-7-6-8-27(33)3;4*1-2/h6-21,23H,5,22,24-25H2,1-4H3,(H,39,45)(H,40,43)(H,41,44);3*1-2H3;1-2H/b13-12+;;;;. The molecule has 0 bridgehead atoms. The van der Waals surface area contributed by atoms with E-state index in [-0.39, 0.29) is 36.7 Å². The number of benzene rings is 4. The Balaban J connectivity index is 0.00000329. The van der Waals surface area contributed by atoms with Gasteiger partial charge in [-0.2, -0.15) is 0 Å². The van der Waals surface area contributed by atoms with Crippen molar-refractivity contribution in [2.24, 2.45) is 0 Å². The minimum Gasteiger partial charge on any atom is -0.343 e. The van der Waals surface area contributed by atoms with E-state index in [0.29, 0.717) is 29.0 Å². The Morgan fingerprint density at radius 3 is 1.61 bits per heavy atom. The fourth-order valence-electron chi connectivity index (χ4n) is 4.87. The van der Waals surface area contributed by atoms with Crippen LogP contribution in [0.5, 0.6) is 0 Å². The molecule has 288 valence electrons. The molecule has 0 spiro atoms. The highest BCUT2D eigenvalue weighted by molar-refractivity contribution is 6.01. The third kappa shape index (κ3) is 16.6. The molecule has 0 atom stereocenters. The first-order valence-electron chi connectivity index (χ1n) is 18.6. The highest BCUT2D eigenvalue weighted by Gasteiger charge is 2.20. The molecule has 0 radical (unpaired) electrons. The maximum absolute atomic E-state index is 13.2. The van der Waals surface area contributed by atoms with Crippen LogP contribution in [0.15, 0.2) is 91.0 Å². The molecule has 0 aliphatic heterocycles. The number of hydrogen-bond donors (Lipinski definition) is 3. The first kappa shape index (κ1) is 48.1. The summed E-state index contributed by atoms with van der Waals surface area (Å²) in [7, 11) is 0. The number of aryl methyl sites for hydroxylation is 3. The van der Waals surface area contributed by atoms with Crippen LogP contribution in [-0.4, -0.2) is 48.2 Å². The number of hydrogen-bond acceptors (Lipinski definition) is 4. The molecule has 0 aliphatic rings. The molecule has 0 fully saturated rings. The SMILES string of the molecule is C#C.CC.CC.CC.CCCN(CC(=O)Nc1ccc(/C=C/c2ccc(NC(=O)CNC(=O)c3ccccc3C)cc2)cc1)C(=O)c1cc(C)ccc1C. The summed E-state index contributed by atoms with van der Waals surface area (Å²) in [6.07, 6.45) is 12.6. The minimum atomic E-state index is -0.316. The van der Waals surface area contributed by atoms with Gasteiger partial charge in [0.15, 0.2) is 0 Å². The average molecular weight is 733 g/mol. The van der Waals surface area contributed by atoms with Crippen LogP contribution in [0.2, 0.25) is 0 Å². The van der Waals surface area contributed by atoms with Crippen LogP contribution in [-0.2, 0) is 9.59 Å².